The van der Waals surface area contributed by atoms with Gasteiger partial charge in [0.05, 0.1) is 33.2 Å². The highest BCUT2D eigenvalue weighted by atomic mass is 35.5. The molecule has 0 fully saturated rings. The molecule has 0 aliphatic heterocycles. The number of aromatic nitrogens is 3. The lowest BCUT2D eigenvalue weighted by molar-refractivity contribution is 0.534. The molecule has 0 radical (unpaired) electrons. The Hall–Kier alpha value is -1.43. The second-order valence-electron chi connectivity index (χ2n) is 4.90. The van der Waals surface area contributed by atoms with Gasteiger partial charge in [0.15, 0.2) is 0 Å². The van der Waals surface area contributed by atoms with Gasteiger partial charge in [-0.2, -0.15) is 5.10 Å². The maximum Gasteiger partial charge on any atom is 0.0837 e. The van der Waals surface area contributed by atoms with E-state index in [1.165, 1.54) is 4.70 Å². The fourth-order valence-electron chi connectivity index (χ4n) is 2.53. The monoisotopic (exact) mass is 320 g/mol. The molecule has 0 saturated carbocycles. The fraction of sp³-hybridized carbons (Fsp3) is 0.333. The Morgan fingerprint density at radius 1 is 1.43 bits per heavy atom. The van der Waals surface area contributed by atoms with E-state index in [1.807, 2.05) is 24.0 Å². The Balaban J connectivity index is 2.06. The summed E-state index contributed by atoms with van der Waals surface area (Å²) in [7, 11) is 1.93. The molecular weight excluding hydrogens is 304 g/mol. The van der Waals surface area contributed by atoms with E-state index in [2.05, 4.69) is 33.8 Å². The van der Waals surface area contributed by atoms with Crippen LogP contribution in [0.25, 0.3) is 10.2 Å². The van der Waals surface area contributed by atoms with Crippen LogP contribution < -0.4 is 5.32 Å². The van der Waals surface area contributed by atoms with E-state index < -0.39 is 0 Å². The molecule has 0 spiro atoms. The van der Waals surface area contributed by atoms with E-state index in [0.717, 1.165) is 29.7 Å². The number of hydrogen-bond donors (Lipinski definition) is 1. The number of nitrogens with zero attached hydrogens (tertiary/aromatic N) is 3. The summed E-state index contributed by atoms with van der Waals surface area (Å²) in [5.74, 6) is 0. The molecule has 3 aromatic heterocycles. The topological polar surface area (TPSA) is 42.7 Å². The maximum atomic E-state index is 6.36. The van der Waals surface area contributed by atoms with Crippen LogP contribution in [0.5, 0.6) is 0 Å². The van der Waals surface area contributed by atoms with Gasteiger partial charge in [0.2, 0.25) is 0 Å². The highest BCUT2D eigenvalue weighted by molar-refractivity contribution is 7.17. The van der Waals surface area contributed by atoms with Crippen LogP contribution in [0.2, 0.25) is 5.02 Å². The minimum atomic E-state index is -0.00875. The van der Waals surface area contributed by atoms with Gasteiger partial charge in [-0.05, 0) is 36.5 Å². The highest BCUT2D eigenvalue weighted by Gasteiger charge is 2.21. The Morgan fingerprint density at radius 3 is 3.05 bits per heavy atom. The molecule has 0 amide bonds. The molecule has 0 bridgehead atoms. The largest absolute Gasteiger partial charge is 0.308 e. The van der Waals surface area contributed by atoms with Crippen molar-refractivity contribution >= 4 is 33.2 Å². The SMILES string of the molecule is CCCn1ncc(Cl)c1C(NC)c1cnc2ccsc2c1. The minimum Gasteiger partial charge on any atom is -0.308 e. The van der Waals surface area contributed by atoms with Crippen molar-refractivity contribution in [2.24, 2.45) is 0 Å². The van der Waals surface area contributed by atoms with Gasteiger partial charge in [-0.1, -0.05) is 18.5 Å². The van der Waals surface area contributed by atoms with E-state index in [4.69, 9.17) is 11.6 Å². The van der Waals surface area contributed by atoms with Crippen molar-refractivity contribution in [1.29, 1.82) is 0 Å². The average Bonchev–Trinajstić information content (AvgIpc) is 3.09. The number of aryl methyl sites for hydroxylation is 1. The molecule has 4 nitrogen and oxygen atoms in total. The smallest absolute Gasteiger partial charge is 0.0837 e. The van der Waals surface area contributed by atoms with Crippen LogP contribution >= 0.6 is 22.9 Å². The van der Waals surface area contributed by atoms with Gasteiger partial charge in [-0.15, -0.1) is 11.3 Å². The summed E-state index contributed by atoms with van der Waals surface area (Å²) in [4.78, 5) is 4.52. The van der Waals surface area contributed by atoms with E-state index in [9.17, 15) is 0 Å². The van der Waals surface area contributed by atoms with Crippen molar-refractivity contribution < 1.29 is 0 Å². The molecule has 1 atom stereocenters. The number of nitrogens with one attached hydrogen (secondary N) is 1. The molecule has 21 heavy (non-hydrogen) atoms. The molecular formula is C15H17ClN4S. The minimum absolute atomic E-state index is 0.00875. The summed E-state index contributed by atoms with van der Waals surface area (Å²) in [5, 5.41) is 10.5. The third-order valence-electron chi connectivity index (χ3n) is 3.49. The van der Waals surface area contributed by atoms with Gasteiger partial charge in [0.25, 0.3) is 0 Å². The van der Waals surface area contributed by atoms with Crippen LogP contribution in [-0.2, 0) is 6.54 Å². The predicted octanol–water partition coefficient (Wildman–Crippen LogP) is 3.87. The van der Waals surface area contributed by atoms with Crippen molar-refractivity contribution in [2.75, 3.05) is 7.05 Å². The Morgan fingerprint density at radius 2 is 2.29 bits per heavy atom. The Kier molecular flexibility index (Phi) is 4.24. The van der Waals surface area contributed by atoms with Crippen LogP contribution in [0.3, 0.4) is 0 Å². The van der Waals surface area contributed by atoms with Crippen molar-refractivity contribution in [3.63, 3.8) is 0 Å². The van der Waals surface area contributed by atoms with E-state index in [-0.39, 0.29) is 6.04 Å². The zero-order valence-electron chi connectivity index (χ0n) is 12.0. The van der Waals surface area contributed by atoms with Gasteiger partial charge in [-0.3, -0.25) is 9.67 Å². The molecule has 6 heteroatoms. The maximum absolute atomic E-state index is 6.36. The molecule has 110 valence electrons. The highest BCUT2D eigenvalue weighted by Crippen LogP contribution is 2.30. The van der Waals surface area contributed by atoms with Crippen molar-refractivity contribution in [2.45, 2.75) is 25.9 Å². The van der Waals surface area contributed by atoms with Crippen LogP contribution in [0.15, 0.2) is 29.9 Å². The number of pyridine rings is 1. The first kappa shape index (κ1) is 14.5. The first-order valence-electron chi connectivity index (χ1n) is 6.96. The summed E-state index contributed by atoms with van der Waals surface area (Å²) in [6, 6.07) is 4.20. The summed E-state index contributed by atoms with van der Waals surface area (Å²) in [5.41, 5.74) is 3.14. The Labute approximate surface area is 132 Å². The van der Waals surface area contributed by atoms with Gasteiger partial charge < -0.3 is 5.32 Å². The molecule has 0 aromatic carbocycles. The van der Waals surface area contributed by atoms with E-state index in [1.54, 1.807) is 17.5 Å². The molecule has 3 rings (SSSR count). The molecule has 0 aliphatic rings. The molecule has 0 saturated heterocycles. The van der Waals surface area contributed by atoms with Gasteiger partial charge in [0, 0.05) is 12.7 Å². The van der Waals surface area contributed by atoms with Gasteiger partial charge >= 0.3 is 0 Å². The van der Waals surface area contributed by atoms with Crippen LogP contribution in [0.1, 0.15) is 30.6 Å². The second-order valence-corrected chi connectivity index (χ2v) is 6.25. The Bertz CT molecular complexity index is 749. The molecule has 3 heterocycles. The first-order valence-corrected chi connectivity index (χ1v) is 8.22. The second kappa shape index (κ2) is 6.13. The zero-order valence-corrected chi connectivity index (χ0v) is 13.6. The van der Waals surface area contributed by atoms with Crippen LogP contribution in [0, 0.1) is 0 Å². The molecule has 1 N–H and O–H groups in total. The normalized spacial score (nSPS) is 12.9. The molecule has 3 aromatic rings. The van der Waals surface area contributed by atoms with Gasteiger partial charge in [-0.25, -0.2) is 0 Å². The fourth-order valence-corrected chi connectivity index (χ4v) is 3.57. The first-order chi connectivity index (χ1) is 10.2. The van der Waals surface area contributed by atoms with E-state index in [0.29, 0.717) is 5.02 Å². The van der Waals surface area contributed by atoms with Crippen LogP contribution in [0.4, 0.5) is 0 Å². The third kappa shape index (κ3) is 2.69. The van der Waals surface area contributed by atoms with Gasteiger partial charge in [0.1, 0.15) is 0 Å². The van der Waals surface area contributed by atoms with Crippen molar-refractivity contribution in [1.82, 2.24) is 20.1 Å². The van der Waals surface area contributed by atoms with E-state index >= 15 is 0 Å². The summed E-state index contributed by atoms with van der Waals surface area (Å²) < 4.78 is 3.16. The standard InChI is InChI=1S/C15H17ClN4S/c1-3-5-20-15(11(16)9-19-20)14(17-2)10-7-13-12(18-8-10)4-6-21-13/h4,6-9,14,17H,3,5H2,1-2H3. The lowest BCUT2D eigenvalue weighted by Crippen LogP contribution is -2.22. The number of thiophene rings is 1. The lowest BCUT2D eigenvalue weighted by atomic mass is 10.1. The number of halogens is 1. The average molecular weight is 321 g/mol. The summed E-state index contributed by atoms with van der Waals surface area (Å²) in [6.07, 6.45) is 4.65. The van der Waals surface area contributed by atoms with Crippen LogP contribution in [-0.4, -0.2) is 21.8 Å². The number of hydrogen-bond acceptors (Lipinski definition) is 4. The number of rotatable bonds is 5. The number of fused-ring (bicyclic) bond motifs is 1. The van der Waals surface area contributed by atoms with Crippen molar-refractivity contribution in [3.05, 3.63) is 46.2 Å². The predicted molar refractivity (Wildman–Crippen MR) is 88.1 cm³/mol. The van der Waals surface area contributed by atoms with Crippen molar-refractivity contribution in [3.8, 4) is 0 Å². The zero-order chi connectivity index (χ0) is 14.8. The molecule has 0 aliphatic carbocycles. The quantitative estimate of drug-likeness (QED) is 0.776. The summed E-state index contributed by atoms with van der Waals surface area (Å²) >= 11 is 8.06. The summed E-state index contributed by atoms with van der Waals surface area (Å²) in [6.45, 7) is 2.99. The lowest BCUT2D eigenvalue weighted by Gasteiger charge is -2.19. The third-order valence-corrected chi connectivity index (χ3v) is 4.63. The molecule has 1 unspecified atom stereocenters.